The second-order valence-corrected chi connectivity index (χ2v) is 6.73. The highest BCUT2D eigenvalue weighted by molar-refractivity contribution is 5.40. The third-order valence-corrected chi connectivity index (χ3v) is 5.00. The van der Waals surface area contributed by atoms with E-state index in [0.717, 1.165) is 43.3 Å². The van der Waals surface area contributed by atoms with Crippen molar-refractivity contribution in [2.24, 2.45) is 0 Å². The van der Waals surface area contributed by atoms with Crippen molar-refractivity contribution in [3.63, 3.8) is 0 Å². The first-order valence-electron chi connectivity index (χ1n) is 8.64. The molecule has 2 aliphatic heterocycles. The molecule has 128 valence electrons. The van der Waals surface area contributed by atoms with Crippen molar-refractivity contribution >= 4 is 5.82 Å². The summed E-state index contributed by atoms with van der Waals surface area (Å²) in [7, 11) is 0. The van der Waals surface area contributed by atoms with Gasteiger partial charge in [-0.3, -0.25) is 0 Å². The van der Waals surface area contributed by atoms with Gasteiger partial charge in [0.05, 0.1) is 18.3 Å². The van der Waals surface area contributed by atoms with Crippen LogP contribution in [0.1, 0.15) is 44.1 Å². The molecule has 0 aliphatic carbocycles. The fraction of sp³-hybridized carbons (Fsp3) is 0.765. The predicted octanol–water partition coefficient (Wildman–Crippen LogP) is 1.22. The summed E-state index contributed by atoms with van der Waals surface area (Å²) in [6.07, 6.45) is 2.38. The van der Waals surface area contributed by atoms with E-state index >= 15 is 0 Å². The lowest BCUT2D eigenvalue weighted by Gasteiger charge is -2.48. The van der Waals surface area contributed by atoms with Crippen LogP contribution in [0.15, 0.2) is 6.07 Å². The molecule has 3 rings (SSSR count). The van der Waals surface area contributed by atoms with E-state index in [4.69, 9.17) is 4.74 Å². The molecule has 0 unspecified atom stereocenters. The lowest BCUT2D eigenvalue weighted by atomic mass is 9.80. The molecule has 0 saturated carbocycles. The zero-order chi connectivity index (χ0) is 16.4. The highest BCUT2D eigenvalue weighted by atomic mass is 16.5. The van der Waals surface area contributed by atoms with Crippen LogP contribution in [-0.4, -0.2) is 57.7 Å². The first-order valence-corrected chi connectivity index (χ1v) is 8.64. The number of aromatic nitrogens is 2. The molecule has 0 aromatic carbocycles. The monoisotopic (exact) mass is 321 g/mol. The van der Waals surface area contributed by atoms with Crippen molar-refractivity contribution in [1.82, 2.24) is 9.97 Å². The normalized spacial score (nSPS) is 27.4. The van der Waals surface area contributed by atoms with Gasteiger partial charge in [-0.15, -0.1) is 0 Å². The van der Waals surface area contributed by atoms with Crippen LogP contribution >= 0.6 is 0 Å². The molecule has 1 aromatic heterocycles. The molecule has 2 N–H and O–H groups in total. The number of hydrogen-bond donors (Lipinski definition) is 2. The maximum atomic E-state index is 10.3. The number of aliphatic hydroxyl groups is 2. The van der Waals surface area contributed by atoms with E-state index in [9.17, 15) is 10.2 Å². The minimum atomic E-state index is -0.791. The number of anilines is 1. The van der Waals surface area contributed by atoms with E-state index in [1.165, 1.54) is 0 Å². The summed E-state index contributed by atoms with van der Waals surface area (Å²) in [5, 5.41) is 20.3. The van der Waals surface area contributed by atoms with E-state index in [0.29, 0.717) is 25.9 Å². The minimum Gasteiger partial charge on any atom is -0.390 e. The maximum Gasteiger partial charge on any atom is 0.132 e. The van der Waals surface area contributed by atoms with Gasteiger partial charge in [-0.2, -0.15) is 0 Å². The molecule has 23 heavy (non-hydrogen) atoms. The van der Waals surface area contributed by atoms with Crippen molar-refractivity contribution in [2.75, 3.05) is 24.6 Å². The summed E-state index contributed by atoms with van der Waals surface area (Å²) in [6, 6.07) is 2.02. The molecule has 0 amide bonds. The highest BCUT2D eigenvalue weighted by Gasteiger charge is 2.47. The van der Waals surface area contributed by atoms with E-state index in [1.807, 2.05) is 13.0 Å². The Labute approximate surface area is 137 Å². The smallest absolute Gasteiger partial charge is 0.132 e. The fourth-order valence-corrected chi connectivity index (χ4v) is 3.64. The van der Waals surface area contributed by atoms with Gasteiger partial charge in [0.2, 0.25) is 0 Å². The SMILES string of the molecule is CCCc1nc(C)cc(N2CCC3(CC2)OCC[C@H](O)[C@@H]3O)n1. The highest BCUT2D eigenvalue weighted by Crippen LogP contribution is 2.36. The molecule has 2 saturated heterocycles. The first-order chi connectivity index (χ1) is 11.0. The molecule has 6 heteroatoms. The molecule has 2 aliphatic rings. The number of aryl methyl sites for hydroxylation is 2. The topological polar surface area (TPSA) is 78.7 Å². The van der Waals surface area contributed by atoms with Crippen LogP contribution in [0, 0.1) is 6.92 Å². The quantitative estimate of drug-likeness (QED) is 0.871. The molecule has 0 radical (unpaired) electrons. The standard InChI is InChI=1S/C17H27N3O3/c1-3-4-14-18-12(2)11-15(19-14)20-8-6-17(7-9-20)16(22)13(21)5-10-23-17/h11,13,16,21-22H,3-10H2,1-2H3/t13-,16-/m0/s1. The lowest BCUT2D eigenvalue weighted by Crippen LogP contribution is -2.60. The molecule has 6 nitrogen and oxygen atoms in total. The Bertz CT molecular complexity index is 544. The van der Waals surface area contributed by atoms with Gasteiger partial charge in [-0.05, 0) is 32.6 Å². The summed E-state index contributed by atoms with van der Waals surface area (Å²) < 4.78 is 5.89. The van der Waals surface area contributed by atoms with Gasteiger partial charge in [0.15, 0.2) is 0 Å². The summed E-state index contributed by atoms with van der Waals surface area (Å²) in [4.78, 5) is 11.4. The summed E-state index contributed by atoms with van der Waals surface area (Å²) in [5.74, 6) is 1.86. The number of aliphatic hydroxyl groups excluding tert-OH is 2. The van der Waals surface area contributed by atoms with Crippen molar-refractivity contribution < 1.29 is 14.9 Å². The number of piperidine rings is 1. The van der Waals surface area contributed by atoms with E-state index in [1.54, 1.807) is 0 Å². The number of ether oxygens (including phenoxy) is 1. The Morgan fingerprint density at radius 3 is 2.74 bits per heavy atom. The Balaban J connectivity index is 1.71. The number of rotatable bonds is 3. The molecule has 1 aromatic rings. The average molecular weight is 321 g/mol. The van der Waals surface area contributed by atoms with Gasteiger partial charge >= 0.3 is 0 Å². The van der Waals surface area contributed by atoms with E-state index in [2.05, 4.69) is 21.8 Å². The molecule has 0 bridgehead atoms. The van der Waals surface area contributed by atoms with Crippen LogP contribution in [0.2, 0.25) is 0 Å². The Morgan fingerprint density at radius 2 is 2.04 bits per heavy atom. The summed E-state index contributed by atoms with van der Waals surface area (Å²) in [5.41, 5.74) is 0.394. The van der Waals surface area contributed by atoms with Crippen molar-refractivity contribution in [3.8, 4) is 0 Å². The lowest BCUT2D eigenvalue weighted by molar-refractivity contribution is -0.205. The van der Waals surface area contributed by atoms with Crippen molar-refractivity contribution in [2.45, 2.75) is 63.8 Å². The van der Waals surface area contributed by atoms with Gasteiger partial charge in [-0.25, -0.2) is 9.97 Å². The van der Waals surface area contributed by atoms with Crippen LogP contribution < -0.4 is 4.90 Å². The van der Waals surface area contributed by atoms with Crippen LogP contribution in [-0.2, 0) is 11.2 Å². The summed E-state index contributed by atoms with van der Waals surface area (Å²) in [6.45, 7) is 6.19. The van der Waals surface area contributed by atoms with Crippen LogP contribution in [0.5, 0.6) is 0 Å². The largest absolute Gasteiger partial charge is 0.390 e. The number of hydrogen-bond acceptors (Lipinski definition) is 6. The molecule has 2 fully saturated rings. The Morgan fingerprint density at radius 1 is 1.30 bits per heavy atom. The Kier molecular flexibility index (Phi) is 4.85. The molecular formula is C17H27N3O3. The first kappa shape index (κ1) is 16.6. The van der Waals surface area contributed by atoms with E-state index in [-0.39, 0.29) is 0 Å². The molecular weight excluding hydrogens is 294 g/mol. The second kappa shape index (κ2) is 6.71. The van der Waals surface area contributed by atoms with Crippen LogP contribution in [0.4, 0.5) is 5.82 Å². The molecule has 2 atom stereocenters. The molecule has 3 heterocycles. The average Bonchev–Trinajstić information content (AvgIpc) is 2.53. The van der Waals surface area contributed by atoms with Crippen molar-refractivity contribution in [3.05, 3.63) is 17.6 Å². The summed E-state index contributed by atoms with van der Waals surface area (Å²) >= 11 is 0. The van der Waals surface area contributed by atoms with Gasteiger partial charge in [0.1, 0.15) is 17.7 Å². The van der Waals surface area contributed by atoms with Gasteiger partial charge in [0, 0.05) is 31.3 Å². The third kappa shape index (κ3) is 3.34. The predicted molar refractivity (Wildman–Crippen MR) is 87.5 cm³/mol. The van der Waals surface area contributed by atoms with Gasteiger partial charge < -0.3 is 19.8 Å². The molecule has 1 spiro atoms. The van der Waals surface area contributed by atoms with Crippen LogP contribution in [0.3, 0.4) is 0 Å². The fourth-order valence-electron chi connectivity index (χ4n) is 3.64. The van der Waals surface area contributed by atoms with Gasteiger partial charge in [0.25, 0.3) is 0 Å². The second-order valence-electron chi connectivity index (χ2n) is 6.73. The van der Waals surface area contributed by atoms with Gasteiger partial charge in [-0.1, -0.05) is 6.92 Å². The van der Waals surface area contributed by atoms with Crippen LogP contribution in [0.25, 0.3) is 0 Å². The maximum absolute atomic E-state index is 10.3. The zero-order valence-electron chi connectivity index (χ0n) is 14.0. The zero-order valence-corrected chi connectivity index (χ0v) is 14.0. The Hall–Kier alpha value is -1.24. The van der Waals surface area contributed by atoms with Crippen molar-refractivity contribution in [1.29, 1.82) is 0 Å². The van der Waals surface area contributed by atoms with E-state index < -0.39 is 17.8 Å². The minimum absolute atomic E-state index is 0.512. The number of nitrogens with zero attached hydrogens (tertiary/aromatic N) is 3. The third-order valence-electron chi connectivity index (χ3n) is 5.00.